The van der Waals surface area contributed by atoms with Crippen molar-refractivity contribution in [3.05, 3.63) is 41.5 Å². The van der Waals surface area contributed by atoms with Crippen molar-refractivity contribution in [2.24, 2.45) is 12.0 Å². The molecule has 2 N–H and O–H groups in total. The number of guanidine groups is 1. The molecule has 0 saturated carbocycles. The number of nitrogens with zero attached hydrogens (tertiary/aromatic N) is 5. The number of rotatable bonds is 4. The van der Waals surface area contributed by atoms with Crippen LogP contribution in [0.15, 0.2) is 23.2 Å². The van der Waals surface area contributed by atoms with Crippen molar-refractivity contribution in [2.75, 3.05) is 25.0 Å². The second kappa shape index (κ2) is 9.29. The SMILES string of the molecule is CN=C(NCc1nnc(C)n1C)NC1CCN(c2c(F)cccc2F)C1.I. The minimum atomic E-state index is -0.536. The van der Waals surface area contributed by atoms with Crippen LogP contribution < -0.4 is 15.5 Å². The van der Waals surface area contributed by atoms with Gasteiger partial charge in [-0.3, -0.25) is 4.99 Å². The van der Waals surface area contributed by atoms with Crippen molar-refractivity contribution in [3.63, 3.8) is 0 Å². The number of aromatic nitrogens is 3. The summed E-state index contributed by atoms with van der Waals surface area (Å²) in [6.07, 6.45) is 0.761. The van der Waals surface area contributed by atoms with Crippen LogP contribution in [0.25, 0.3) is 0 Å². The first kappa shape index (κ1) is 21.3. The number of anilines is 1. The fraction of sp³-hybridized carbons (Fsp3) is 0.471. The van der Waals surface area contributed by atoms with Crippen LogP contribution in [0.5, 0.6) is 0 Å². The minimum absolute atomic E-state index is 0. The van der Waals surface area contributed by atoms with Gasteiger partial charge in [0.15, 0.2) is 11.8 Å². The van der Waals surface area contributed by atoms with Crippen LogP contribution in [0.4, 0.5) is 14.5 Å². The third-order valence-corrected chi connectivity index (χ3v) is 4.60. The molecule has 2 aromatic rings. The number of hydrogen-bond acceptors (Lipinski definition) is 4. The summed E-state index contributed by atoms with van der Waals surface area (Å²) in [6, 6.07) is 3.98. The lowest BCUT2D eigenvalue weighted by molar-refractivity contribution is 0.575. The molecule has 3 rings (SSSR count). The Bertz CT molecular complexity index is 788. The Labute approximate surface area is 174 Å². The predicted molar refractivity (Wildman–Crippen MR) is 111 cm³/mol. The maximum absolute atomic E-state index is 14.0. The highest BCUT2D eigenvalue weighted by molar-refractivity contribution is 14.0. The molecule has 1 aromatic heterocycles. The number of nitrogens with one attached hydrogen (secondary N) is 2. The number of aliphatic imine (C=N–C) groups is 1. The van der Waals surface area contributed by atoms with Crippen molar-refractivity contribution >= 4 is 35.6 Å². The van der Waals surface area contributed by atoms with Crippen LogP contribution in [0.1, 0.15) is 18.1 Å². The lowest BCUT2D eigenvalue weighted by atomic mass is 10.2. The average Bonchev–Trinajstić information content (AvgIpc) is 3.19. The highest BCUT2D eigenvalue weighted by Crippen LogP contribution is 2.26. The van der Waals surface area contributed by atoms with Gasteiger partial charge in [0.05, 0.1) is 6.54 Å². The second-order valence-corrected chi connectivity index (χ2v) is 6.29. The molecule has 1 saturated heterocycles. The first-order valence-corrected chi connectivity index (χ1v) is 8.50. The zero-order chi connectivity index (χ0) is 18.7. The van der Waals surface area contributed by atoms with Gasteiger partial charge in [-0.15, -0.1) is 34.2 Å². The lowest BCUT2D eigenvalue weighted by Gasteiger charge is -2.21. The molecule has 0 bridgehead atoms. The van der Waals surface area contributed by atoms with Crippen LogP contribution in [-0.2, 0) is 13.6 Å². The van der Waals surface area contributed by atoms with Gasteiger partial charge in [-0.2, -0.15) is 0 Å². The van der Waals surface area contributed by atoms with Gasteiger partial charge >= 0.3 is 0 Å². The van der Waals surface area contributed by atoms with E-state index < -0.39 is 11.6 Å². The van der Waals surface area contributed by atoms with E-state index in [2.05, 4.69) is 25.8 Å². The summed E-state index contributed by atoms with van der Waals surface area (Å²) in [5, 5.41) is 14.6. The molecule has 1 aliphatic rings. The van der Waals surface area contributed by atoms with Gasteiger partial charge in [-0.05, 0) is 25.5 Å². The largest absolute Gasteiger partial charge is 0.365 e. The average molecular weight is 491 g/mol. The summed E-state index contributed by atoms with van der Waals surface area (Å²) < 4.78 is 29.8. The number of aryl methyl sites for hydroxylation is 1. The van der Waals surface area contributed by atoms with Gasteiger partial charge in [0.2, 0.25) is 0 Å². The normalized spacial score (nSPS) is 17.0. The van der Waals surface area contributed by atoms with E-state index in [9.17, 15) is 8.78 Å². The monoisotopic (exact) mass is 491 g/mol. The Morgan fingerprint density at radius 1 is 1.30 bits per heavy atom. The number of hydrogen-bond donors (Lipinski definition) is 2. The van der Waals surface area contributed by atoms with Gasteiger partial charge in [0.1, 0.15) is 23.1 Å². The fourth-order valence-corrected chi connectivity index (χ4v) is 3.03. The quantitative estimate of drug-likeness (QED) is 0.389. The summed E-state index contributed by atoms with van der Waals surface area (Å²) in [5.41, 5.74) is 0.0364. The molecular formula is C17H24F2IN7. The van der Waals surface area contributed by atoms with Gasteiger partial charge in [-0.25, -0.2) is 8.78 Å². The zero-order valence-corrected chi connectivity index (χ0v) is 17.9. The van der Waals surface area contributed by atoms with Crippen molar-refractivity contribution in [2.45, 2.75) is 25.9 Å². The van der Waals surface area contributed by atoms with E-state index in [0.29, 0.717) is 25.6 Å². The van der Waals surface area contributed by atoms with Gasteiger partial charge in [-0.1, -0.05) is 6.07 Å². The molecule has 1 unspecified atom stereocenters. The maximum atomic E-state index is 14.0. The molecule has 7 nitrogen and oxygen atoms in total. The third kappa shape index (κ3) is 4.85. The van der Waals surface area contributed by atoms with E-state index in [-0.39, 0.29) is 35.7 Å². The molecule has 2 heterocycles. The summed E-state index contributed by atoms with van der Waals surface area (Å²) >= 11 is 0. The molecule has 1 atom stereocenters. The maximum Gasteiger partial charge on any atom is 0.191 e. The number of benzene rings is 1. The Hall–Kier alpha value is -1.98. The van der Waals surface area contributed by atoms with Crippen LogP contribution in [0.2, 0.25) is 0 Å². The zero-order valence-electron chi connectivity index (χ0n) is 15.5. The Morgan fingerprint density at radius 2 is 2.00 bits per heavy atom. The van der Waals surface area contributed by atoms with Crippen molar-refractivity contribution in [3.8, 4) is 0 Å². The Morgan fingerprint density at radius 3 is 2.59 bits per heavy atom. The lowest BCUT2D eigenvalue weighted by Crippen LogP contribution is -2.44. The summed E-state index contributed by atoms with van der Waals surface area (Å²) in [4.78, 5) is 5.93. The van der Waals surface area contributed by atoms with E-state index in [0.717, 1.165) is 18.1 Å². The Kier molecular flexibility index (Phi) is 7.33. The van der Waals surface area contributed by atoms with Crippen LogP contribution in [-0.4, -0.2) is 46.9 Å². The molecule has 0 spiro atoms. The smallest absolute Gasteiger partial charge is 0.191 e. The summed E-state index contributed by atoms with van der Waals surface area (Å²) in [5.74, 6) is 1.18. The van der Waals surface area contributed by atoms with Crippen LogP contribution in [0, 0.1) is 18.6 Å². The Balaban J connectivity index is 0.00000261. The van der Waals surface area contributed by atoms with E-state index in [1.54, 1.807) is 11.9 Å². The molecular weight excluding hydrogens is 467 g/mol. The van der Waals surface area contributed by atoms with Crippen molar-refractivity contribution in [1.82, 2.24) is 25.4 Å². The van der Waals surface area contributed by atoms with Gasteiger partial charge in [0, 0.05) is 33.2 Å². The standard InChI is InChI=1S/C17H23F2N7.HI/c1-11-23-24-15(25(11)3)9-21-17(20-2)22-12-7-8-26(10-12)16-13(18)5-4-6-14(16)19;/h4-6,12H,7-10H2,1-3H3,(H2,20,21,22);1H. The molecule has 1 fully saturated rings. The molecule has 0 aliphatic carbocycles. The highest BCUT2D eigenvalue weighted by atomic mass is 127. The second-order valence-electron chi connectivity index (χ2n) is 6.29. The molecule has 10 heteroatoms. The molecule has 1 aliphatic heterocycles. The van der Waals surface area contributed by atoms with E-state index in [1.807, 2.05) is 18.5 Å². The first-order valence-electron chi connectivity index (χ1n) is 8.50. The highest BCUT2D eigenvalue weighted by Gasteiger charge is 2.27. The molecule has 148 valence electrons. The van der Waals surface area contributed by atoms with E-state index in [1.165, 1.54) is 18.2 Å². The van der Waals surface area contributed by atoms with Crippen molar-refractivity contribution in [1.29, 1.82) is 0 Å². The van der Waals surface area contributed by atoms with Gasteiger partial charge < -0.3 is 20.1 Å². The van der Waals surface area contributed by atoms with Crippen LogP contribution >= 0.6 is 24.0 Å². The fourth-order valence-electron chi connectivity index (χ4n) is 3.03. The van der Waals surface area contributed by atoms with Crippen LogP contribution in [0.3, 0.4) is 0 Å². The molecule has 0 amide bonds. The number of para-hydroxylation sites is 1. The summed E-state index contributed by atoms with van der Waals surface area (Å²) in [6.45, 7) is 3.45. The number of halogens is 3. The summed E-state index contributed by atoms with van der Waals surface area (Å²) in [7, 11) is 3.58. The van der Waals surface area contributed by atoms with E-state index >= 15 is 0 Å². The predicted octanol–water partition coefficient (Wildman–Crippen LogP) is 1.96. The minimum Gasteiger partial charge on any atom is -0.365 e. The third-order valence-electron chi connectivity index (χ3n) is 4.60. The molecule has 1 aromatic carbocycles. The molecule has 27 heavy (non-hydrogen) atoms. The first-order chi connectivity index (χ1) is 12.5. The van der Waals surface area contributed by atoms with Crippen molar-refractivity contribution < 1.29 is 8.78 Å². The van der Waals surface area contributed by atoms with E-state index in [4.69, 9.17) is 0 Å². The topological polar surface area (TPSA) is 70.4 Å². The molecule has 0 radical (unpaired) electrons. The van der Waals surface area contributed by atoms with Gasteiger partial charge in [0.25, 0.3) is 0 Å².